The summed E-state index contributed by atoms with van der Waals surface area (Å²) in [6.07, 6.45) is 1.85. The third-order valence-corrected chi connectivity index (χ3v) is 2.33. The number of hydrogen-bond acceptors (Lipinski definition) is 3. The van der Waals surface area contributed by atoms with Crippen molar-refractivity contribution >= 4 is 11.5 Å². The summed E-state index contributed by atoms with van der Waals surface area (Å²) >= 11 is 0. The minimum atomic E-state index is -1.02. The molecule has 1 N–H and O–H groups in total. The first-order valence-corrected chi connectivity index (χ1v) is 4.83. The molecular weight excluding hydrogens is 208 g/mol. The van der Waals surface area contributed by atoms with Gasteiger partial charge in [-0.15, -0.1) is 0 Å². The maximum Gasteiger partial charge on any atom is 0.356 e. The van der Waals surface area contributed by atoms with E-state index in [9.17, 15) is 4.79 Å². The number of carboxylic acid groups (broad SMARTS) is 1. The van der Waals surface area contributed by atoms with Crippen LogP contribution in [0.2, 0.25) is 0 Å². The monoisotopic (exact) mass is 220 g/mol. The lowest BCUT2D eigenvalue weighted by molar-refractivity contribution is 0.0692. The second kappa shape index (κ2) is 3.94. The summed E-state index contributed by atoms with van der Waals surface area (Å²) < 4.78 is 6.74. The van der Waals surface area contributed by atoms with Gasteiger partial charge in [-0.25, -0.2) is 9.78 Å². The van der Waals surface area contributed by atoms with Gasteiger partial charge in [0.25, 0.3) is 0 Å². The quantitative estimate of drug-likeness (QED) is 0.851. The van der Waals surface area contributed by atoms with Crippen molar-refractivity contribution in [3.8, 4) is 0 Å². The van der Waals surface area contributed by atoms with Gasteiger partial charge in [0.2, 0.25) is 0 Å². The van der Waals surface area contributed by atoms with E-state index < -0.39 is 5.97 Å². The van der Waals surface area contributed by atoms with Gasteiger partial charge >= 0.3 is 5.97 Å². The van der Waals surface area contributed by atoms with E-state index in [4.69, 9.17) is 9.84 Å². The Kier molecular flexibility index (Phi) is 2.62. The van der Waals surface area contributed by atoms with Crippen LogP contribution in [-0.2, 0) is 11.3 Å². The molecule has 0 aliphatic rings. The average molecular weight is 220 g/mol. The van der Waals surface area contributed by atoms with Crippen LogP contribution in [0.5, 0.6) is 0 Å². The van der Waals surface area contributed by atoms with Crippen LogP contribution in [0.3, 0.4) is 0 Å². The Morgan fingerprint density at radius 3 is 2.94 bits per heavy atom. The van der Waals surface area contributed by atoms with Gasteiger partial charge in [0.15, 0.2) is 5.69 Å². The number of fused-ring (bicyclic) bond motifs is 1. The predicted molar refractivity (Wildman–Crippen MR) is 57.6 cm³/mol. The van der Waals surface area contributed by atoms with Gasteiger partial charge in [0.05, 0.1) is 5.52 Å². The van der Waals surface area contributed by atoms with Crippen LogP contribution in [0.25, 0.3) is 5.52 Å². The van der Waals surface area contributed by atoms with Gasteiger partial charge in [0, 0.05) is 13.3 Å². The van der Waals surface area contributed by atoms with Crippen molar-refractivity contribution in [1.29, 1.82) is 0 Å². The average Bonchev–Trinajstić information content (AvgIpc) is 2.58. The number of hydrogen-bond donors (Lipinski definition) is 1. The van der Waals surface area contributed by atoms with Gasteiger partial charge in [-0.05, 0) is 18.6 Å². The molecule has 84 valence electrons. The molecule has 0 aromatic carbocycles. The SMILES string of the molecule is COCc1nc(C(=O)O)c2ccc(C)cn12. The molecule has 16 heavy (non-hydrogen) atoms. The zero-order chi connectivity index (χ0) is 11.7. The predicted octanol–water partition coefficient (Wildman–Crippen LogP) is 1.49. The van der Waals surface area contributed by atoms with Gasteiger partial charge < -0.3 is 14.2 Å². The third kappa shape index (κ3) is 1.65. The fourth-order valence-corrected chi connectivity index (χ4v) is 1.64. The number of ether oxygens (including phenoxy) is 1. The Labute approximate surface area is 92.3 Å². The molecule has 0 unspecified atom stereocenters. The molecule has 0 radical (unpaired) electrons. The molecule has 0 saturated carbocycles. The number of aromatic nitrogens is 2. The van der Waals surface area contributed by atoms with Crippen LogP contribution in [0.1, 0.15) is 21.9 Å². The molecule has 2 heterocycles. The Bertz CT molecular complexity index is 545. The summed E-state index contributed by atoms with van der Waals surface area (Å²) in [7, 11) is 1.55. The van der Waals surface area contributed by atoms with E-state index in [1.165, 1.54) is 0 Å². The number of aryl methyl sites for hydroxylation is 1. The fourth-order valence-electron chi connectivity index (χ4n) is 1.64. The molecule has 5 nitrogen and oxygen atoms in total. The first kappa shape index (κ1) is 10.6. The Hall–Kier alpha value is -1.88. The van der Waals surface area contributed by atoms with E-state index in [2.05, 4.69) is 4.98 Å². The van der Waals surface area contributed by atoms with E-state index in [0.29, 0.717) is 11.3 Å². The first-order chi connectivity index (χ1) is 7.63. The van der Waals surface area contributed by atoms with Crippen LogP contribution < -0.4 is 0 Å². The number of aromatic carboxylic acids is 1. The van der Waals surface area contributed by atoms with E-state index in [1.807, 2.05) is 19.2 Å². The summed E-state index contributed by atoms with van der Waals surface area (Å²) in [5.74, 6) is -0.428. The number of rotatable bonds is 3. The van der Waals surface area contributed by atoms with Crippen molar-refractivity contribution in [2.45, 2.75) is 13.5 Å². The van der Waals surface area contributed by atoms with Gasteiger partial charge in [-0.3, -0.25) is 0 Å². The van der Waals surface area contributed by atoms with E-state index >= 15 is 0 Å². The van der Waals surface area contributed by atoms with Crippen molar-refractivity contribution in [2.24, 2.45) is 0 Å². The Balaban J connectivity index is 2.71. The maximum absolute atomic E-state index is 11.0. The zero-order valence-electron chi connectivity index (χ0n) is 9.10. The Morgan fingerprint density at radius 1 is 1.56 bits per heavy atom. The highest BCUT2D eigenvalue weighted by Gasteiger charge is 2.16. The molecule has 0 saturated heterocycles. The van der Waals surface area contributed by atoms with Crippen molar-refractivity contribution < 1.29 is 14.6 Å². The second-order valence-electron chi connectivity index (χ2n) is 3.58. The molecule has 0 bridgehead atoms. The number of methoxy groups -OCH3 is 1. The highest BCUT2D eigenvalue weighted by atomic mass is 16.5. The molecular formula is C11H12N2O3. The molecule has 0 aliphatic carbocycles. The van der Waals surface area contributed by atoms with E-state index in [1.54, 1.807) is 17.6 Å². The number of nitrogens with zero attached hydrogens (tertiary/aromatic N) is 2. The van der Waals surface area contributed by atoms with Crippen molar-refractivity contribution in [1.82, 2.24) is 9.38 Å². The maximum atomic E-state index is 11.0. The Morgan fingerprint density at radius 2 is 2.31 bits per heavy atom. The summed E-state index contributed by atoms with van der Waals surface area (Å²) in [6, 6.07) is 3.62. The lowest BCUT2D eigenvalue weighted by Gasteiger charge is -2.00. The van der Waals surface area contributed by atoms with Crippen LogP contribution in [0.4, 0.5) is 0 Å². The van der Waals surface area contributed by atoms with Gasteiger partial charge in [-0.1, -0.05) is 6.07 Å². The molecule has 0 atom stereocenters. The number of carbonyl (C=O) groups is 1. The number of carboxylic acids is 1. The molecule has 0 spiro atoms. The summed E-state index contributed by atoms with van der Waals surface area (Å²) in [5.41, 5.74) is 1.69. The van der Waals surface area contributed by atoms with E-state index in [-0.39, 0.29) is 12.3 Å². The fraction of sp³-hybridized carbons (Fsp3) is 0.273. The van der Waals surface area contributed by atoms with Gasteiger partial charge in [0.1, 0.15) is 12.4 Å². The molecule has 2 rings (SSSR count). The highest BCUT2D eigenvalue weighted by Crippen LogP contribution is 2.15. The smallest absolute Gasteiger partial charge is 0.356 e. The zero-order valence-corrected chi connectivity index (χ0v) is 9.10. The lowest BCUT2D eigenvalue weighted by atomic mass is 10.2. The summed E-state index contributed by atoms with van der Waals surface area (Å²) in [4.78, 5) is 15.1. The topological polar surface area (TPSA) is 63.8 Å². The van der Waals surface area contributed by atoms with Crippen molar-refractivity contribution in [2.75, 3.05) is 7.11 Å². The van der Waals surface area contributed by atoms with Crippen LogP contribution in [0.15, 0.2) is 18.3 Å². The van der Waals surface area contributed by atoms with Crippen LogP contribution >= 0.6 is 0 Å². The molecule has 0 fully saturated rings. The van der Waals surface area contributed by atoms with E-state index in [0.717, 1.165) is 5.56 Å². The number of imidazole rings is 1. The van der Waals surface area contributed by atoms with Crippen molar-refractivity contribution in [3.63, 3.8) is 0 Å². The van der Waals surface area contributed by atoms with Crippen LogP contribution in [-0.4, -0.2) is 27.6 Å². The molecule has 0 amide bonds. The van der Waals surface area contributed by atoms with Crippen LogP contribution in [0, 0.1) is 6.92 Å². The minimum absolute atomic E-state index is 0.0621. The molecule has 2 aromatic heterocycles. The first-order valence-electron chi connectivity index (χ1n) is 4.83. The lowest BCUT2D eigenvalue weighted by Crippen LogP contribution is -1.97. The summed E-state index contributed by atoms with van der Waals surface area (Å²) in [6.45, 7) is 2.23. The minimum Gasteiger partial charge on any atom is -0.476 e. The normalized spacial score (nSPS) is 10.9. The standard InChI is InChI=1S/C11H12N2O3/c1-7-3-4-8-10(11(14)15)12-9(6-16-2)13(8)5-7/h3-5H,6H2,1-2H3,(H,14,15). The molecule has 0 aliphatic heterocycles. The van der Waals surface area contributed by atoms with Crippen molar-refractivity contribution in [3.05, 3.63) is 35.4 Å². The summed E-state index contributed by atoms with van der Waals surface area (Å²) in [5, 5.41) is 9.02. The highest BCUT2D eigenvalue weighted by molar-refractivity contribution is 5.93. The third-order valence-electron chi connectivity index (χ3n) is 2.33. The second-order valence-corrected chi connectivity index (χ2v) is 3.58. The molecule has 5 heteroatoms. The molecule has 2 aromatic rings. The number of pyridine rings is 1. The van der Waals surface area contributed by atoms with Gasteiger partial charge in [-0.2, -0.15) is 0 Å². The largest absolute Gasteiger partial charge is 0.476 e.